The van der Waals surface area contributed by atoms with Crippen molar-refractivity contribution in [2.45, 2.75) is 13.8 Å². The number of hydrogen-bond donors (Lipinski definition) is 2. The number of nitrogens with two attached hydrogens (primary N) is 1. The zero-order valence-electron chi connectivity index (χ0n) is 11.5. The van der Waals surface area contributed by atoms with Crippen LogP contribution in [-0.2, 0) is 0 Å². The van der Waals surface area contributed by atoms with E-state index in [1.807, 2.05) is 6.08 Å². The van der Waals surface area contributed by atoms with Crippen molar-refractivity contribution < 1.29 is 0 Å². The fourth-order valence-electron chi connectivity index (χ4n) is 1.63. The smallest absolute Gasteiger partial charge is 0.193 e. The number of aryl methyl sites for hydroxylation is 2. The van der Waals surface area contributed by atoms with Crippen molar-refractivity contribution in [2.75, 3.05) is 23.4 Å². The molecule has 0 aliphatic rings. The highest BCUT2D eigenvalue weighted by molar-refractivity contribution is 14.0. The van der Waals surface area contributed by atoms with Gasteiger partial charge in [-0.05, 0) is 37.1 Å². The van der Waals surface area contributed by atoms with Crippen LogP contribution in [-0.4, -0.2) is 24.0 Å². The first-order valence-electron chi connectivity index (χ1n) is 5.95. The Morgan fingerprint density at radius 1 is 1.37 bits per heavy atom. The summed E-state index contributed by atoms with van der Waals surface area (Å²) in [7, 11) is 0. The lowest BCUT2D eigenvalue weighted by Gasteiger charge is -2.07. The third kappa shape index (κ3) is 8.15. The molecule has 0 saturated heterocycles. The van der Waals surface area contributed by atoms with E-state index in [1.165, 1.54) is 11.1 Å². The van der Waals surface area contributed by atoms with Gasteiger partial charge in [-0.3, -0.25) is 4.99 Å². The maximum absolute atomic E-state index is 5.83. The van der Waals surface area contributed by atoms with Crippen LogP contribution >= 0.6 is 35.7 Å². The third-order valence-electron chi connectivity index (χ3n) is 2.25. The minimum Gasteiger partial charge on any atom is -0.370 e. The van der Waals surface area contributed by atoms with E-state index < -0.39 is 0 Å². The van der Waals surface area contributed by atoms with E-state index in [1.54, 1.807) is 11.8 Å². The monoisotopic (exact) mass is 391 g/mol. The highest BCUT2D eigenvalue weighted by Crippen LogP contribution is 2.13. The zero-order chi connectivity index (χ0) is 13.4. The van der Waals surface area contributed by atoms with Gasteiger partial charge in [0.25, 0.3) is 0 Å². The Morgan fingerprint density at radius 3 is 2.58 bits per heavy atom. The van der Waals surface area contributed by atoms with Gasteiger partial charge in [-0.15, -0.1) is 30.6 Å². The number of benzene rings is 1. The Morgan fingerprint density at radius 2 is 2.00 bits per heavy atom. The maximum atomic E-state index is 5.83. The Hall–Kier alpha value is -0.690. The molecule has 0 heterocycles. The Kier molecular flexibility index (Phi) is 9.77. The van der Waals surface area contributed by atoms with Crippen molar-refractivity contribution in [3.63, 3.8) is 0 Å². The number of aliphatic imine (C=N–C) groups is 1. The van der Waals surface area contributed by atoms with Crippen LogP contribution in [0.4, 0.5) is 5.69 Å². The average molecular weight is 391 g/mol. The van der Waals surface area contributed by atoms with Crippen molar-refractivity contribution in [3.8, 4) is 0 Å². The summed E-state index contributed by atoms with van der Waals surface area (Å²) < 4.78 is 0. The summed E-state index contributed by atoms with van der Waals surface area (Å²) in [5, 5.41) is 3.11. The molecule has 3 nitrogen and oxygen atoms in total. The number of thioether (sulfide) groups is 1. The maximum Gasteiger partial charge on any atom is 0.193 e. The molecule has 1 aromatic carbocycles. The van der Waals surface area contributed by atoms with Gasteiger partial charge in [-0.25, -0.2) is 0 Å². The van der Waals surface area contributed by atoms with E-state index in [4.69, 9.17) is 5.73 Å². The summed E-state index contributed by atoms with van der Waals surface area (Å²) in [6.07, 6.45) is 1.89. The van der Waals surface area contributed by atoms with Crippen molar-refractivity contribution in [1.82, 2.24) is 0 Å². The van der Waals surface area contributed by atoms with Crippen molar-refractivity contribution >= 4 is 47.4 Å². The molecule has 0 aliphatic carbocycles. The van der Waals surface area contributed by atoms with E-state index in [0.29, 0.717) is 5.96 Å². The molecule has 1 rings (SSSR count). The van der Waals surface area contributed by atoms with Gasteiger partial charge in [-0.2, -0.15) is 11.8 Å². The summed E-state index contributed by atoms with van der Waals surface area (Å²) in [6.45, 7) is 8.53. The van der Waals surface area contributed by atoms with Crippen LogP contribution in [0.3, 0.4) is 0 Å². The fraction of sp³-hybridized carbons (Fsp3) is 0.357. The molecule has 0 aliphatic heterocycles. The van der Waals surface area contributed by atoms with Crippen LogP contribution in [0.2, 0.25) is 0 Å². The molecule has 3 N–H and O–H groups in total. The van der Waals surface area contributed by atoms with Gasteiger partial charge >= 0.3 is 0 Å². The van der Waals surface area contributed by atoms with Crippen molar-refractivity contribution in [3.05, 3.63) is 42.0 Å². The molecule has 0 radical (unpaired) electrons. The lowest BCUT2D eigenvalue weighted by atomic mass is 10.1. The largest absolute Gasteiger partial charge is 0.370 e. The predicted octanol–water partition coefficient (Wildman–Crippen LogP) is 3.57. The first-order valence-corrected chi connectivity index (χ1v) is 7.11. The minimum atomic E-state index is 0. The summed E-state index contributed by atoms with van der Waals surface area (Å²) >= 11 is 1.80. The Labute approximate surface area is 137 Å². The van der Waals surface area contributed by atoms with Crippen LogP contribution < -0.4 is 11.1 Å². The van der Waals surface area contributed by atoms with Crippen LogP contribution in [0.25, 0.3) is 0 Å². The summed E-state index contributed by atoms with van der Waals surface area (Å²) in [6, 6.07) is 6.24. The highest BCUT2D eigenvalue weighted by Gasteiger charge is 1.97. The fourth-order valence-corrected chi connectivity index (χ4v) is 2.19. The molecule has 0 saturated carbocycles. The quantitative estimate of drug-likeness (QED) is 0.256. The number of rotatable bonds is 6. The zero-order valence-corrected chi connectivity index (χ0v) is 14.6. The van der Waals surface area contributed by atoms with Gasteiger partial charge < -0.3 is 11.1 Å². The van der Waals surface area contributed by atoms with Crippen molar-refractivity contribution in [2.24, 2.45) is 10.7 Å². The van der Waals surface area contributed by atoms with Gasteiger partial charge in [0.15, 0.2) is 5.96 Å². The molecule has 0 bridgehead atoms. The van der Waals surface area contributed by atoms with Crippen molar-refractivity contribution in [1.29, 1.82) is 0 Å². The van der Waals surface area contributed by atoms with Crippen LogP contribution in [0.15, 0.2) is 35.8 Å². The minimum absolute atomic E-state index is 0. The predicted molar refractivity (Wildman–Crippen MR) is 99.0 cm³/mol. The van der Waals surface area contributed by atoms with Gasteiger partial charge in [0.1, 0.15) is 0 Å². The van der Waals surface area contributed by atoms with Gasteiger partial charge in [0, 0.05) is 17.2 Å². The SMILES string of the molecule is C=CCSCCN=C(N)Nc1cc(C)cc(C)c1.I. The molecule has 0 atom stereocenters. The second-order valence-corrected chi connectivity index (χ2v) is 5.28. The molecular weight excluding hydrogens is 369 g/mol. The molecular formula is C14H22IN3S. The Balaban J connectivity index is 0.00000324. The highest BCUT2D eigenvalue weighted by atomic mass is 127. The molecule has 106 valence electrons. The normalized spacial score (nSPS) is 10.7. The van der Waals surface area contributed by atoms with Crippen LogP contribution in [0.5, 0.6) is 0 Å². The lowest BCUT2D eigenvalue weighted by molar-refractivity contribution is 1.13. The summed E-state index contributed by atoms with van der Waals surface area (Å²) in [5.74, 6) is 2.39. The lowest BCUT2D eigenvalue weighted by Crippen LogP contribution is -2.23. The summed E-state index contributed by atoms with van der Waals surface area (Å²) in [5.41, 5.74) is 9.25. The molecule has 0 aromatic heterocycles. The second kappa shape index (κ2) is 10.1. The van der Waals surface area contributed by atoms with E-state index >= 15 is 0 Å². The molecule has 5 heteroatoms. The average Bonchev–Trinajstić information content (AvgIpc) is 2.27. The number of hydrogen-bond acceptors (Lipinski definition) is 2. The second-order valence-electron chi connectivity index (χ2n) is 4.13. The molecule has 0 unspecified atom stereocenters. The molecule has 0 amide bonds. The number of guanidine groups is 1. The topological polar surface area (TPSA) is 50.4 Å². The third-order valence-corrected chi connectivity index (χ3v) is 3.19. The number of nitrogens with zero attached hydrogens (tertiary/aromatic N) is 1. The van der Waals surface area contributed by atoms with Gasteiger partial charge in [-0.1, -0.05) is 12.1 Å². The first kappa shape index (κ1) is 18.3. The van der Waals surface area contributed by atoms with E-state index in [2.05, 4.69) is 48.9 Å². The van der Waals surface area contributed by atoms with E-state index in [9.17, 15) is 0 Å². The molecule has 0 spiro atoms. The number of halogens is 1. The summed E-state index contributed by atoms with van der Waals surface area (Å²) in [4.78, 5) is 4.28. The van der Waals surface area contributed by atoms with Crippen LogP contribution in [0.1, 0.15) is 11.1 Å². The van der Waals surface area contributed by atoms with E-state index in [-0.39, 0.29) is 24.0 Å². The first-order chi connectivity index (χ1) is 8.61. The Bertz CT molecular complexity index is 412. The molecule has 0 fully saturated rings. The molecule has 1 aromatic rings. The standard InChI is InChI=1S/C14H21N3S.HI/c1-4-6-18-7-5-16-14(15)17-13-9-11(2)8-12(3)10-13;/h4,8-10H,1,5-7H2,2-3H3,(H3,15,16,17);1H. The van der Waals surface area contributed by atoms with E-state index in [0.717, 1.165) is 23.7 Å². The van der Waals surface area contributed by atoms with Gasteiger partial charge in [0.05, 0.1) is 6.54 Å². The number of anilines is 1. The van der Waals surface area contributed by atoms with Crippen LogP contribution in [0, 0.1) is 13.8 Å². The number of nitrogens with one attached hydrogen (secondary N) is 1. The van der Waals surface area contributed by atoms with Gasteiger partial charge in [0.2, 0.25) is 0 Å². The molecule has 19 heavy (non-hydrogen) atoms.